The predicted molar refractivity (Wildman–Crippen MR) is 55.1 cm³/mol. The van der Waals surface area contributed by atoms with Crippen molar-refractivity contribution in [1.82, 2.24) is 0 Å². The van der Waals surface area contributed by atoms with E-state index >= 15 is 0 Å². The standard InChI is InChI=1S/C10H8ClNO3/c1-15-10(14)6-4-8-5(2-7(6)11)3-9(13)12-8/h2,4H,3H2,1H3,(H,12,13). The Morgan fingerprint density at radius 1 is 1.53 bits per heavy atom. The van der Waals surface area contributed by atoms with E-state index in [-0.39, 0.29) is 11.5 Å². The maximum absolute atomic E-state index is 11.3. The van der Waals surface area contributed by atoms with Gasteiger partial charge in [-0.15, -0.1) is 0 Å². The zero-order valence-electron chi connectivity index (χ0n) is 7.96. The van der Waals surface area contributed by atoms with Crippen molar-refractivity contribution in [2.45, 2.75) is 6.42 Å². The molecule has 0 saturated heterocycles. The number of ether oxygens (including phenoxy) is 1. The molecule has 0 radical (unpaired) electrons. The summed E-state index contributed by atoms with van der Waals surface area (Å²) in [5, 5.41) is 2.94. The summed E-state index contributed by atoms with van der Waals surface area (Å²) in [6.07, 6.45) is 0.302. The van der Waals surface area contributed by atoms with Crippen LogP contribution in [-0.4, -0.2) is 19.0 Å². The average Bonchev–Trinajstić information content (AvgIpc) is 2.55. The molecule has 0 spiro atoms. The first-order valence-corrected chi connectivity index (χ1v) is 4.70. The summed E-state index contributed by atoms with van der Waals surface area (Å²) in [6.45, 7) is 0. The number of hydrogen-bond acceptors (Lipinski definition) is 3. The quantitative estimate of drug-likeness (QED) is 0.739. The SMILES string of the molecule is COC(=O)c1cc2c(cc1Cl)CC(=O)N2. The molecule has 0 unspecified atom stereocenters. The van der Waals surface area contributed by atoms with E-state index in [0.29, 0.717) is 17.1 Å². The summed E-state index contributed by atoms with van der Waals surface area (Å²) in [6, 6.07) is 3.15. The lowest BCUT2D eigenvalue weighted by Gasteiger charge is -2.05. The molecule has 78 valence electrons. The number of benzene rings is 1. The number of amides is 1. The van der Waals surface area contributed by atoms with Crippen molar-refractivity contribution in [2.75, 3.05) is 12.4 Å². The summed E-state index contributed by atoms with van der Waals surface area (Å²) >= 11 is 5.89. The first-order valence-electron chi connectivity index (χ1n) is 4.32. The van der Waals surface area contributed by atoms with Crippen molar-refractivity contribution >= 4 is 29.2 Å². The number of nitrogens with one attached hydrogen (secondary N) is 1. The van der Waals surface area contributed by atoms with Gasteiger partial charge in [-0.1, -0.05) is 11.6 Å². The number of rotatable bonds is 1. The second-order valence-electron chi connectivity index (χ2n) is 3.21. The van der Waals surface area contributed by atoms with Crippen LogP contribution in [0.3, 0.4) is 0 Å². The van der Waals surface area contributed by atoms with E-state index in [1.807, 2.05) is 0 Å². The highest BCUT2D eigenvalue weighted by molar-refractivity contribution is 6.34. The van der Waals surface area contributed by atoms with E-state index in [4.69, 9.17) is 11.6 Å². The Labute approximate surface area is 91.2 Å². The largest absolute Gasteiger partial charge is 0.465 e. The molecule has 1 aliphatic heterocycles. The number of anilines is 1. The summed E-state index contributed by atoms with van der Waals surface area (Å²) in [7, 11) is 1.28. The van der Waals surface area contributed by atoms with Crippen LogP contribution in [0.1, 0.15) is 15.9 Å². The fourth-order valence-corrected chi connectivity index (χ4v) is 1.77. The van der Waals surface area contributed by atoms with Gasteiger partial charge in [-0.2, -0.15) is 0 Å². The van der Waals surface area contributed by atoms with Crippen molar-refractivity contribution in [3.05, 3.63) is 28.3 Å². The maximum Gasteiger partial charge on any atom is 0.339 e. The van der Waals surface area contributed by atoms with Crippen LogP contribution in [0.25, 0.3) is 0 Å². The normalized spacial score (nSPS) is 13.3. The van der Waals surface area contributed by atoms with Crippen LogP contribution in [-0.2, 0) is 16.0 Å². The molecule has 5 heteroatoms. The highest BCUT2D eigenvalue weighted by Gasteiger charge is 2.21. The first kappa shape index (κ1) is 9.98. The van der Waals surface area contributed by atoms with Gasteiger partial charge in [0.25, 0.3) is 0 Å². The van der Waals surface area contributed by atoms with Crippen molar-refractivity contribution in [1.29, 1.82) is 0 Å². The van der Waals surface area contributed by atoms with Gasteiger partial charge >= 0.3 is 5.97 Å². The summed E-state index contributed by atoms with van der Waals surface area (Å²) in [5.41, 5.74) is 1.70. The third kappa shape index (κ3) is 1.68. The highest BCUT2D eigenvalue weighted by atomic mass is 35.5. The minimum absolute atomic E-state index is 0.0944. The van der Waals surface area contributed by atoms with Gasteiger partial charge in [0.1, 0.15) is 0 Å². The number of esters is 1. The lowest BCUT2D eigenvalue weighted by Crippen LogP contribution is -2.05. The molecule has 1 aromatic carbocycles. The first-order chi connectivity index (χ1) is 7.11. The van der Waals surface area contributed by atoms with Crippen LogP contribution in [0.2, 0.25) is 5.02 Å². The van der Waals surface area contributed by atoms with E-state index in [1.165, 1.54) is 13.2 Å². The molecule has 1 aliphatic rings. The van der Waals surface area contributed by atoms with Crippen LogP contribution in [0, 0.1) is 0 Å². The molecule has 0 aromatic heterocycles. The average molecular weight is 226 g/mol. The molecule has 0 aliphatic carbocycles. The molecule has 0 saturated carbocycles. The molecule has 0 bridgehead atoms. The van der Waals surface area contributed by atoms with Gasteiger partial charge in [0, 0.05) is 5.69 Å². The Morgan fingerprint density at radius 3 is 2.93 bits per heavy atom. The van der Waals surface area contributed by atoms with Gasteiger partial charge in [-0.05, 0) is 17.7 Å². The molecular formula is C10H8ClNO3. The second-order valence-corrected chi connectivity index (χ2v) is 3.61. The number of hydrogen-bond donors (Lipinski definition) is 1. The molecule has 1 N–H and O–H groups in total. The fraction of sp³-hybridized carbons (Fsp3) is 0.200. The van der Waals surface area contributed by atoms with Crippen molar-refractivity contribution in [3.8, 4) is 0 Å². The third-order valence-corrected chi connectivity index (χ3v) is 2.54. The van der Waals surface area contributed by atoms with Gasteiger partial charge in [0.2, 0.25) is 5.91 Å². The maximum atomic E-state index is 11.3. The molecule has 1 heterocycles. The monoisotopic (exact) mass is 225 g/mol. The van der Waals surface area contributed by atoms with E-state index in [1.54, 1.807) is 6.07 Å². The number of fused-ring (bicyclic) bond motifs is 1. The molecule has 0 atom stereocenters. The van der Waals surface area contributed by atoms with Crippen LogP contribution in [0.5, 0.6) is 0 Å². The third-order valence-electron chi connectivity index (χ3n) is 2.22. The van der Waals surface area contributed by atoms with Crippen LogP contribution in [0.4, 0.5) is 5.69 Å². The molecule has 2 rings (SSSR count). The summed E-state index contributed by atoms with van der Waals surface area (Å²) in [4.78, 5) is 22.4. The molecule has 0 fully saturated rings. The lowest BCUT2D eigenvalue weighted by molar-refractivity contribution is -0.115. The minimum atomic E-state index is -0.510. The minimum Gasteiger partial charge on any atom is -0.465 e. The Morgan fingerprint density at radius 2 is 2.27 bits per heavy atom. The van der Waals surface area contributed by atoms with Crippen LogP contribution < -0.4 is 5.32 Å². The molecule has 1 aromatic rings. The summed E-state index contributed by atoms with van der Waals surface area (Å²) in [5.74, 6) is -0.605. The van der Waals surface area contributed by atoms with E-state index in [0.717, 1.165) is 5.56 Å². The van der Waals surface area contributed by atoms with Crippen LogP contribution >= 0.6 is 11.6 Å². The summed E-state index contributed by atoms with van der Waals surface area (Å²) < 4.78 is 4.57. The highest BCUT2D eigenvalue weighted by Crippen LogP contribution is 2.29. The number of carbonyl (C=O) groups excluding carboxylic acids is 2. The van der Waals surface area contributed by atoms with Crippen molar-refractivity contribution in [2.24, 2.45) is 0 Å². The molecule has 4 nitrogen and oxygen atoms in total. The fourth-order valence-electron chi connectivity index (χ4n) is 1.51. The van der Waals surface area contributed by atoms with E-state index < -0.39 is 5.97 Å². The Kier molecular flexibility index (Phi) is 2.36. The topological polar surface area (TPSA) is 55.4 Å². The Bertz CT molecular complexity index is 456. The Balaban J connectivity index is 2.48. The predicted octanol–water partition coefficient (Wildman–Crippen LogP) is 1.62. The number of carbonyl (C=O) groups is 2. The van der Waals surface area contributed by atoms with Gasteiger partial charge in [-0.25, -0.2) is 4.79 Å². The van der Waals surface area contributed by atoms with Gasteiger partial charge < -0.3 is 10.1 Å². The van der Waals surface area contributed by atoms with E-state index in [9.17, 15) is 9.59 Å². The van der Waals surface area contributed by atoms with Gasteiger partial charge in [-0.3, -0.25) is 4.79 Å². The molecule has 15 heavy (non-hydrogen) atoms. The van der Waals surface area contributed by atoms with Crippen molar-refractivity contribution in [3.63, 3.8) is 0 Å². The molecular weight excluding hydrogens is 218 g/mol. The lowest BCUT2D eigenvalue weighted by atomic mass is 10.1. The number of halogens is 1. The van der Waals surface area contributed by atoms with Crippen molar-refractivity contribution < 1.29 is 14.3 Å². The smallest absolute Gasteiger partial charge is 0.339 e. The zero-order valence-corrected chi connectivity index (χ0v) is 8.72. The second kappa shape index (κ2) is 3.55. The number of methoxy groups -OCH3 is 1. The molecule has 1 amide bonds. The van der Waals surface area contributed by atoms with E-state index in [2.05, 4.69) is 10.1 Å². The van der Waals surface area contributed by atoms with Gasteiger partial charge in [0.05, 0.1) is 24.1 Å². The Hall–Kier alpha value is -1.55. The van der Waals surface area contributed by atoms with Gasteiger partial charge in [0.15, 0.2) is 0 Å². The van der Waals surface area contributed by atoms with Crippen LogP contribution in [0.15, 0.2) is 12.1 Å². The zero-order chi connectivity index (χ0) is 11.0.